The first-order valence-corrected chi connectivity index (χ1v) is 16.9. The zero-order valence-electron chi connectivity index (χ0n) is 24.0. The quantitative estimate of drug-likeness (QED) is 0.140. The Kier molecular flexibility index (Phi) is 8.65. The third-order valence-electron chi connectivity index (χ3n) is 8.30. The third kappa shape index (κ3) is 6.19. The molecule has 0 atom stereocenters. The fourth-order valence-corrected chi connectivity index (χ4v) is 8.52. The molecular weight excluding hydrogens is 521 g/mol. The van der Waals surface area contributed by atoms with E-state index in [0.29, 0.717) is 0 Å². The van der Waals surface area contributed by atoms with Crippen LogP contribution in [0.1, 0.15) is 72.9 Å². The lowest BCUT2D eigenvalue weighted by Crippen LogP contribution is -1.92. The lowest BCUT2D eigenvalue weighted by atomic mass is 10.0. The van der Waals surface area contributed by atoms with Crippen LogP contribution in [-0.4, -0.2) is 0 Å². The molecule has 0 nitrogen and oxygen atoms in total. The third-order valence-corrected chi connectivity index (χ3v) is 10.8. The molecule has 0 saturated heterocycles. The van der Waals surface area contributed by atoms with E-state index in [0.717, 1.165) is 25.7 Å². The van der Waals surface area contributed by atoms with Gasteiger partial charge in [-0.3, -0.25) is 0 Å². The molecule has 0 N–H and O–H groups in total. The molecule has 0 radical (unpaired) electrons. The minimum absolute atomic E-state index is 1.10. The van der Waals surface area contributed by atoms with Crippen LogP contribution in [0.4, 0.5) is 0 Å². The van der Waals surface area contributed by atoms with Gasteiger partial charge in [-0.25, -0.2) is 0 Å². The van der Waals surface area contributed by atoms with Gasteiger partial charge in [0.15, 0.2) is 0 Å². The van der Waals surface area contributed by atoms with Crippen LogP contribution in [0.15, 0.2) is 84.9 Å². The van der Waals surface area contributed by atoms with Gasteiger partial charge < -0.3 is 0 Å². The van der Waals surface area contributed by atoms with E-state index in [4.69, 9.17) is 0 Å². The number of aryl methyl sites for hydroxylation is 6. The highest BCUT2D eigenvalue weighted by Gasteiger charge is 2.13. The van der Waals surface area contributed by atoms with Crippen molar-refractivity contribution >= 4 is 52.2 Å². The summed E-state index contributed by atoms with van der Waals surface area (Å²) in [5.74, 6) is 0. The number of benzene rings is 4. The van der Waals surface area contributed by atoms with Crippen molar-refractivity contribution in [1.82, 2.24) is 0 Å². The zero-order valence-corrected chi connectivity index (χ0v) is 25.6. The van der Waals surface area contributed by atoms with E-state index in [9.17, 15) is 0 Å². The lowest BCUT2D eigenvalue weighted by Gasteiger charge is -2.05. The van der Waals surface area contributed by atoms with Gasteiger partial charge in [0.1, 0.15) is 0 Å². The van der Waals surface area contributed by atoms with Crippen LogP contribution in [0.3, 0.4) is 0 Å². The van der Waals surface area contributed by atoms with Gasteiger partial charge in [0, 0.05) is 20.2 Å². The van der Waals surface area contributed by atoms with E-state index < -0.39 is 0 Å². The molecule has 0 spiro atoms. The van der Waals surface area contributed by atoms with Crippen LogP contribution in [-0.2, 0) is 38.5 Å². The summed E-state index contributed by atoms with van der Waals surface area (Å²) in [5, 5.41) is 2.85. The van der Waals surface area contributed by atoms with Crippen molar-refractivity contribution in [3.63, 3.8) is 0 Å². The second-order valence-electron chi connectivity index (χ2n) is 11.4. The standard InChI is InChI=1S/C38H40S2/c1-3-5-7-27-9-13-29(14-10-27)17-19-31-21-23-33-35(25-31)39-38-34-24-22-32(26-36(34)40-37(33)38)20-18-30-15-11-28(12-16-30)8-6-4-2/h9-16,21-26H,3-8,17-20H2,1-2H3. The second-order valence-corrected chi connectivity index (χ2v) is 13.5. The van der Waals surface area contributed by atoms with Crippen molar-refractivity contribution in [1.29, 1.82) is 0 Å². The Morgan fingerprint density at radius 1 is 0.400 bits per heavy atom. The summed E-state index contributed by atoms with van der Waals surface area (Å²) >= 11 is 3.95. The maximum absolute atomic E-state index is 2.44. The predicted molar refractivity (Wildman–Crippen MR) is 180 cm³/mol. The van der Waals surface area contributed by atoms with E-state index in [-0.39, 0.29) is 0 Å². The van der Waals surface area contributed by atoms with Crippen molar-refractivity contribution < 1.29 is 0 Å². The number of hydrogen-bond acceptors (Lipinski definition) is 2. The van der Waals surface area contributed by atoms with Crippen molar-refractivity contribution in [2.45, 2.75) is 78.1 Å². The Hall–Kier alpha value is -2.94. The first kappa shape index (κ1) is 27.2. The van der Waals surface area contributed by atoms with Crippen molar-refractivity contribution in [2.24, 2.45) is 0 Å². The Bertz CT molecular complexity index is 1570. The molecule has 0 aliphatic heterocycles. The summed E-state index contributed by atoms with van der Waals surface area (Å²) < 4.78 is 5.79. The molecular formula is C38H40S2. The van der Waals surface area contributed by atoms with E-state index in [2.05, 4.69) is 98.8 Å². The van der Waals surface area contributed by atoms with Crippen molar-refractivity contribution in [2.75, 3.05) is 0 Å². The summed E-state index contributed by atoms with van der Waals surface area (Å²) in [4.78, 5) is 0. The first-order valence-electron chi connectivity index (χ1n) is 15.2. The largest absolute Gasteiger partial charge is 0.134 e. The molecule has 0 fully saturated rings. The summed E-state index contributed by atoms with van der Waals surface area (Å²) in [6.45, 7) is 4.52. The predicted octanol–water partition coefficient (Wildman–Crippen LogP) is 11.5. The van der Waals surface area contributed by atoms with E-state index >= 15 is 0 Å². The first-order chi connectivity index (χ1) is 19.7. The molecule has 4 aromatic carbocycles. The highest BCUT2D eigenvalue weighted by atomic mass is 32.1. The fraction of sp³-hybridized carbons (Fsp3) is 0.316. The molecule has 0 saturated carbocycles. The number of fused-ring (bicyclic) bond motifs is 5. The van der Waals surface area contributed by atoms with Crippen LogP contribution < -0.4 is 0 Å². The van der Waals surface area contributed by atoms with E-state index in [1.165, 1.54) is 101 Å². The maximum atomic E-state index is 2.44. The van der Waals surface area contributed by atoms with Crippen molar-refractivity contribution in [3.8, 4) is 0 Å². The normalized spacial score (nSPS) is 11.8. The molecule has 0 aliphatic rings. The van der Waals surface area contributed by atoms with Crippen LogP contribution >= 0.6 is 22.7 Å². The minimum atomic E-state index is 1.10. The minimum Gasteiger partial charge on any atom is -0.134 e. The van der Waals surface area contributed by atoms with Gasteiger partial charge in [0.05, 0.1) is 9.40 Å². The monoisotopic (exact) mass is 560 g/mol. The molecule has 2 heteroatoms. The molecule has 0 amide bonds. The summed E-state index contributed by atoms with van der Waals surface area (Å²) in [6.07, 6.45) is 11.9. The van der Waals surface area contributed by atoms with Gasteiger partial charge in [-0.15, -0.1) is 22.7 Å². The van der Waals surface area contributed by atoms with E-state index in [1.807, 2.05) is 22.7 Å². The summed E-state index contributed by atoms with van der Waals surface area (Å²) in [7, 11) is 0. The van der Waals surface area contributed by atoms with Gasteiger partial charge in [-0.2, -0.15) is 0 Å². The van der Waals surface area contributed by atoms with E-state index in [1.54, 1.807) is 0 Å². The maximum Gasteiger partial charge on any atom is 0.0542 e. The molecule has 2 aromatic heterocycles. The average molecular weight is 561 g/mol. The van der Waals surface area contributed by atoms with Gasteiger partial charge in [0.2, 0.25) is 0 Å². The van der Waals surface area contributed by atoms with Crippen LogP contribution in [0.5, 0.6) is 0 Å². The smallest absolute Gasteiger partial charge is 0.0542 e. The summed E-state index contributed by atoms with van der Waals surface area (Å²) in [6, 6.07) is 32.9. The molecule has 0 aliphatic carbocycles. The van der Waals surface area contributed by atoms with Crippen molar-refractivity contribution in [3.05, 3.63) is 118 Å². The molecule has 6 aromatic rings. The molecule has 2 heterocycles. The zero-order chi connectivity index (χ0) is 27.3. The molecule has 204 valence electrons. The highest BCUT2D eigenvalue weighted by Crippen LogP contribution is 2.44. The highest BCUT2D eigenvalue weighted by molar-refractivity contribution is 7.36. The number of hydrogen-bond donors (Lipinski definition) is 0. The molecule has 40 heavy (non-hydrogen) atoms. The Labute approximate surface area is 247 Å². The topological polar surface area (TPSA) is 0 Å². The van der Waals surface area contributed by atoms with Crippen LogP contribution in [0, 0.1) is 0 Å². The Balaban J connectivity index is 1.13. The van der Waals surface area contributed by atoms with Gasteiger partial charge in [-0.1, -0.05) is 99.5 Å². The van der Waals surface area contributed by atoms with Crippen LogP contribution in [0.2, 0.25) is 0 Å². The average Bonchev–Trinajstić information content (AvgIpc) is 3.53. The number of thiophene rings is 2. The van der Waals surface area contributed by atoms with Gasteiger partial charge >= 0.3 is 0 Å². The molecule has 6 rings (SSSR count). The van der Waals surface area contributed by atoms with Gasteiger partial charge in [0.25, 0.3) is 0 Å². The number of rotatable bonds is 12. The Morgan fingerprint density at radius 2 is 0.725 bits per heavy atom. The summed E-state index contributed by atoms with van der Waals surface area (Å²) in [5.41, 5.74) is 8.72. The molecule has 0 unspecified atom stereocenters. The van der Waals surface area contributed by atoms with Gasteiger partial charge in [-0.05, 0) is 96.9 Å². The van der Waals surface area contributed by atoms with Crippen LogP contribution in [0.25, 0.3) is 29.6 Å². The SMILES string of the molecule is CCCCc1ccc(CCc2ccc3c(c2)sc2c4ccc(CCc5ccc(CCCC)cc5)cc4sc32)cc1. The molecule has 0 bridgehead atoms. The fourth-order valence-electron chi connectivity index (χ4n) is 5.74. The number of unbranched alkanes of at least 4 members (excludes halogenated alkanes) is 2. The second kappa shape index (κ2) is 12.7. The Morgan fingerprint density at radius 3 is 1.10 bits per heavy atom. The lowest BCUT2D eigenvalue weighted by molar-refractivity contribution is 0.794.